The Morgan fingerprint density at radius 3 is 2.70 bits per heavy atom. The van der Waals surface area contributed by atoms with E-state index in [9.17, 15) is 8.42 Å². The molecule has 0 radical (unpaired) electrons. The van der Waals surface area contributed by atoms with E-state index in [1.165, 1.54) is 16.0 Å². The van der Waals surface area contributed by atoms with Gasteiger partial charge in [-0.05, 0) is 24.8 Å². The highest BCUT2D eigenvalue weighted by Crippen LogP contribution is 2.28. The van der Waals surface area contributed by atoms with Gasteiger partial charge in [0.05, 0.1) is 11.7 Å². The van der Waals surface area contributed by atoms with Gasteiger partial charge in [0.25, 0.3) is 0 Å². The number of rotatable bonds is 5. The lowest BCUT2D eigenvalue weighted by Gasteiger charge is -2.15. The van der Waals surface area contributed by atoms with Crippen LogP contribution in [0.3, 0.4) is 0 Å². The van der Waals surface area contributed by atoms with E-state index in [-0.39, 0.29) is 16.1 Å². The Bertz CT molecular complexity index is 693. The topological polar surface area (TPSA) is 64.0 Å². The van der Waals surface area contributed by atoms with Gasteiger partial charge in [0, 0.05) is 11.9 Å². The fourth-order valence-electron chi connectivity index (χ4n) is 1.99. The van der Waals surface area contributed by atoms with Gasteiger partial charge in [-0.3, -0.25) is 4.68 Å². The van der Waals surface area contributed by atoms with Gasteiger partial charge >= 0.3 is 0 Å². The summed E-state index contributed by atoms with van der Waals surface area (Å²) in [5.74, 6) is 0. The van der Waals surface area contributed by atoms with Crippen LogP contribution >= 0.6 is 22.9 Å². The Balaban J connectivity index is 2.36. The van der Waals surface area contributed by atoms with E-state index in [0.29, 0.717) is 12.1 Å². The van der Waals surface area contributed by atoms with Crippen LogP contribution in [0.1, 0.15) is 30.0 Å². The molecule has 0 fully saturated rings. The van der Waals surface area contributed by atoms with Gasteiger partial charge in [0.1, 0.15) is 10.0 Å². The normalized spacial score (nSPS) is 13.6. The van der Waals surface area contributed by atoms with Crippen molar-refractivity contribution in [2.45, 2.75) is 31.2 Å². The molecule has 2 aromatic rings. The van der Waals surface area contributed by atoms with Crippen LogP contribution in [0.4, 0.5) is 0 Å². The summed E-state index contributed by atoms with van der Waals surface area (Å²) < 4.78 is 29.1. The third kappa shape index (κ3) is 2.90. The second-order valence-electron chi connectivity index (χ2n) is 4.43. The number of nitrogens with zero attached hydrogens (tertiary/aromatic N) is 2. The zero-order valence-corrected chi connectivity index (χ0v) is 13.8. The van der Waals surface area contributed by atoms with Crippen LogP contribution in [-0.2, 0) is 17.1 Å². The standard InChI is InChI=1S/C12H16ClN3O2S2/c1-4-9(10-6-5-7-19-10)15-20(17,18)11-8(2)14-16(3)12(11)13/h5-7,9,15H,4H2,1-3H3/t9-/m0/s1. The van der Waals surface area contributed by atoms with E-state index >= 15 is 0 Å². The molecule has 0 aliphatic heterocycles. The van der Waals surface area contributed by atoms with Crippen molar-refractivity contribution in [2.24, 2.45) is 7.05 Å². The average molecular weight is 334 g/mol. The second kappa shape index (κ2) is 5.85. The summed E-state index contributed by atoms with van der Waals surface area (Å²) in [5, 5.41) is 6.09. The van der Waals surface area contributed by atoms with Crippen LogP contribution < -0.4 is 4.72 Å². The third-order valence-electron chi connectivity index (χ3n) is 2.96. The zero-order chi connectivity index (χ0) is 14.9. The van der Waals surface area contributed by atoms with Gasteiger partial charge in [-0.25, -0.2) is 13.1 Å². The van der Waals surface area contributed by atoms with Crippen LogP contribution in [0.15, 0.2) is 22.4 Å². The van der Waals surface area contributed by atoms with E-state index in [1.807, 2.05) is 24.4 Å². The van der Waals surface area contributed by atoms with Crippen molar-refractivity contribution in [3.05, 3.63) is 33.2 Å². The number of thiophene rings is 1. The molecule has 0 aliphatic rings. The zero-order valence-electron chi connectivity index (χ0n) is 11.4. The highest BCUT2D eigenvalue weighted by molar-refractivity contribution is 7.89. The number of aromatic nitrogens is 2. The maximum atomic E-state index is 12.5. The Labute approximate surface area is 127 Å². The summed E-state index contributed by atoms with van der Waals surface area (Å²) in [5.41, 5.74) is 0.394. The number of sulfonamides is 1. The lowest BCUT2D eigenvalue weighted by molar-refractivity contribution is 0.552. The second-order valence-corrected chi connectivity index (χ2v) is 7.41. The molecular weight excluding hydrogens is 318 g/mol. The molecule has 0 aliphatic carbocycles. The SMILES string of the molecule is CC[C@H](NS(=O)(=O)c1c(C)nn(C)c1Cl)c1cccs1. The molecule has 0 bridgehead atoms. The van der Waals surface area contributed by atoms with Crippen LogP contribution in [0.25, 0.3) is 0 Å². The van der Waals surface area contributed by atoms with Gasteiger partial charge in [-0.2, -0.15) is 5.10 Å². The summed E-state index contributed by atoms with van der Waals surface area (Å²) in [4.78, 5) is 1.03. The van der Waals surface area contributed by atoms with Gasteiger partial charge < -0.3 is 0 Å². The molecule has 2 rings (SSSR count). The molecule has 2 aromatic heterocycles. The monoisotopic (exact) mass is 333 g/mol. The van der Waals surface area contributed by atoms with Crippen LogP contribution in [-0.4, -0.2) is 18.2 Å². The number of hydrogen-bond acceptors (Lipinski definition) is 4. The molecular formula is C12H16ClN3O2S2. The number of nitrogens with one attached hydrogen (secondary N) is 1. The summed E-state index contributed by atoms with van der Waals surface area (Å²) in [6.07, 6.45) is 0.663. The predicted octanol–water partition coefficient (Wildman–Crippen LogP) is 2.87. The van der Waals surface area contributed by atoms with E-state index < -0.39 is 10.0 Å². The maximum Gasteiger partial charge on any atom is 0.246 e. The fourth-order valence-corrected chi connectivity index (χ4v) is 4.98. The lowest BCUT2D eigenvalue weighted by atomic mass is 10.2. The minimum absolute atomic E-state index is 0.0525. The lowest BCUT2D eigenvalue weighted by Crippen LogP contribution is -2.28. The molecule has 0 amide bonds. The molecule has 1 atom stereocenters. The smallest absolute Gasteiger partial charge is 0.246 e. The molecule has 0 spiro atoms. The van der Waals surface area contributed by atoms with Crippen molar-refractivity contribution < 1.29 is 8.42 Å². The van der Waals surface area contributed by atoms with Crippen LogP contribution in [0, 0.1) is 6.92 Å². The maximum absolute atomic E-state index is 12.5. The quantitative estimate of drug-likeness (QED) is 0.915. The molecule has 0 unspecified atom stereocenters. The van der Waals surface area contributed by atoms with Gasteiger partial charge in [0.15, 0.2) is 0 Å². The first-order valence-electron chi connectivity index (χ1n) is 6.11. The largest absolute Gasteiger partial charge is 0.255 e. The summed E-state index contributed by atoms with van der Waals surface area (Å²) >= 11 is 7.56. The first kappa shape index (κ1) is 15.5. The highest BCUT2D eigenvalue weighted by Gasteiger charge is 2.28. The minimum atomic E-state index is -3.70. The number of hydrogen-bond donors (Lipinski definition) is 1. The first-order chi connectivity index (χ1) is 9.36. The Morgan fingerprint density at radius 2 is 2.25 bits per heavy atom. The third-order valence-corrected chi connectivity index (χ3v) is 6.11. The molecule has 8 heteroatoms. The van der Waals surface area contributed by atoms with Crippen molar-refractivity contribution >= 4 is 33.0 Å². The van der Waals surface area contributed by atoms with Gasteiger partial charge in [0.2, 0.25) is 10.0 Å². The Kier molecular flexibility index (Phi) is 4.53. The van der Waals surface area contributed by atoms with E-state index in [2.05, 4.69) is 9.82 Å². The predicted molar refractivity (Wildman–Crippen MR) is 80.6 cm³/mol. The molecule has 1 N–H and O–H groups in total. The fraction of sp³-hybridized carbons (Fsp3) is 0.417. The van der Waals surface area contributed by atoms with Crippen molar-refractivity contribution in [3.63, 3.8) is 0 Å². The van der Waals surface area contributed by atoms with Crippen molar-refractivity contribution in [2.75, 3.05) is 0 Å². The number of aryl methyl sites for hydroxylation is 2. The molecule has 20 heavy (non-hydrogen) atoms. The van der Waals surface area contributed by atoms with Gasteiger partial charge in [-0.15, -0.1) is 11.3 Å². The highest BCUT2D eigenvalue weighted by atomic mass is 35.5. The molecule has 0 saturated heterocycles. The molecule has 0 aromatic carbocycles. The average Bonchev–Trinajstić information content (AvgIpc) is 2.96. The van der Waals surface area contributed by atoms with Crippen LogP contribution in [0.5, 0.6) is 0 Å². The van der Waals surface area contributed by atoms with E-state index in [1.54, 1.807) is 14.0 Å². The summed E-state index contributed by atoms with van der Waals surface area (Å²) in [6, 6.07) is 3.56. The molecule has 2 heterocycles. The van der Waals surface area contributed by atoms with E-state index in [0.717, 1.165) is 4.88 Å². The van der Waals surface area contributed by atoms with Gasteiger partial charge in [-0.1, -0.05) is 24.6 Å². The van der Waals surface area contributed by atoms with Crippen LogP contribution in [0.2, 0.25) is 5.15 Å². The van der Waals surface area contributed by atoms with Crippen molar-refractivity contribution in [3.8, 4) is 0 Å². The van der Waals surface area contributed by atoms with E-state index in [4.69, 9.17) is 11.6 Å². The number of halogens is 1. The molecule has 110 valence electrons. The van der Waals surface area contributed by atoms with Crippen molar-refractivity contribution in [1.29, 1.82) is 0 Å². The Morgan fingerprint density at radius 1 is 1.55 bits per heavy atom. The van der Waals surface area contributed by atoms with Crippen molar-refractivity contribution in [1.82, 2.24) is 14.5 Å². The summed E-state index contributed by atoms with van der Waals surface area (Å²) in [7, 11) is -2.08. The first-order valence-corrected chi connectivity index (χ1v) is 8.85. The Hall–Kier alpha value is -0.890. The minimum Gasteiger partial charge on any atom is -0.255 e. The molecule has 0 saturated carbocycles. The molecule has 5 nitrogen and oxygen atoms in total. The summed E-state index contributed by atoms with van der Waals surface area (Å²) in [6.45, 7) is 3.57.